The number of anilines is 1. The predicted molar refractivity (Wildman–Crippen MR) is 56.0 cm³/mol. The van der Waals surface area contributed by atoms with Crippen LogP contribution in [0.25, 0.3) is 5.52 Å². The zero-order valence-electron chi connectivity index (χ0n) is 8.57. The fourth-order valence-electron chi connectivity index (χ4n) is 1.59. The van der Waals surface area contributed by atoms with Crippen LogP contribution in [0.1, 0.15) is 25.5 Å². The van der Waals surface area contributed by atoms with Crippen LogP contribution < -0.4 is 5.73 Å². The second kappa shape index (κ2) is 3.84. The number of nitrogen functional groups attached to an aromatic ring is 1. The molecule has 2 heterocycles. The van der Waals surface area contributed by atoms with Crippen LogP contribution in [0.4, 0.5) is 10.2 Å². The zero-order valence-corrected chi connectivity index (χ0v) is 8.57. The number of hydrogen-bond acceptors (Lipinski definition) is 3. The molecule has 0 saturated heterocycles. The third-order valence-electron chi connectivity index (χ3n) is 2.38. The van der Waals surface area contributed by atoms with E-state index in [1.807, 2.05) is 12.1 Å². The van der Waals surface area contributed by atoms with Crippen molar-refractivity contribution >= 4 is 11.3 Å². The van der Waals surface area contributed by atoms with Crippen molar-refractivity contribution in [2.45, 2.75) is 26.2 Å². The summed E-state index contributed by atoms with van der Waals surface area (Å²) in [5, 5.41) is 3.71. The molecule has 5 heteroatoms. The maximum atomic E-state index is 13.0. The van der Waals surface area contributed by atoms with Crippen LogP contribution in [0.5, 0.6) is 0 Å². The van der Waals surface area contributed by atoms with E-state index in [-0.39, 0.29) is 5.82 Å². The standard InChI is InChI=1S/C10H13FN4/c1-2-3-4-7-5-6-8-9(12)13-10(11)14-15(7)8/h5-6H,2-4H2,1H3,(H2,12,13,14). The average molecular weight is 208 g/mol. The summed E-state index contributed by atoms with van der Waals surface area (Å²) in [6.07, 6.45) is 2.24. The summed E-state index contributed by atoms with van der Waals surface area (Å²) in [5.41, 5.74) is 7.23. The molecule has 2 N–H and O–H groups in total. The van der Waals surface area contributed by atoms with Gasteiger partial charge in [0.05, 0.1) is 0 Å². The van der Waals surface area contributed by atoms with Gasteiger partial charge in [-0.3, -0.25) is 0 Å². The van der Waals surface area contributed by atoms with Crippen LogP contribution in [0, 0.1) is 6.08 Å². The molecule has 2 rings (SSSR count). The monoisotopic (exact) mass is 208 g/mol. The van der Waals surface area contributed by atoms with Crippen molar-refractivity contribution in [3.63, 3.8) is 0 Å². The normalized spacial score (nSPS) is 11.1. The van der Waals surface area contributed by atoms with Gasteiger partial charge in [0.15, 0.2) is 5.82 Å². The topological polar surface area (TPSA) is 56.2 Å². The summed E-state index contributed by atoms with van der Waals surface area (Å²) in [7, 11) is 0. The van der Waals surface area contributed by atoms with Gasteiger partial charge < -0.3 is 5.73 Å². The van der Waals surface area contributed by atoms with Crippen LogP contribution in [-0.2, 0) is 6.42 Å². The molecule has 0 aromatic carbocycles. The molecule has 2 aromatic heterocycles. The first-order valence-electron chi connectivity index (χ1n) is 5.02. The van der Waals surface area contributed by atoms with Crippen LogP contribution in [0.2, 0.25) is 0 Å². The summed E-state index contributed by atoms with van der Waals surface area (Å²) < 4.78 is 14.5. The summed E-state index contributed by atoms with van der Waals surface area (Å²) >= 11 is 0. The van der Waals surface area contributed by atoms with Crippen molar-refractivity contribution in [2.75, 3.05) is 5.73 Å². The Kier molecular flexibility index (Phi) is 2.53. The molecule has 0 radical (unpaired) electrons. The number of hydrogen-bond donors (Lipinski definition) is 1. The molecule has 0 atom stereocenters. The molecule has 0 amide bonds. The third kappa shape index (κ3) is 1.77. The molecule has 0 fully saturated rings. The van der Waals surface area contributed by atoms with Gasteiger partial charge in [-0.15, -0.1) is 5.10 Å². The third-order valence-corrected chi connectivity index (χ3v) is 2.38. The number of fused-ring (bicyclic) bond motifs is 1. The lowest BCUT2D eigenvalue weighted by atomic mass is 10.2. The summed E-state index contributed by atoms with van der Waals surface area (Å²) in [4.78, 5) is 3.47. The molecule has 4 nitrogen and oxygen atoms in total. The molecule has 0 unspecified atom stereocenters. The molecule has 15 heavy (non-hydrogen) atoms. The lowest BCUT2D eigenvalue weighted by Crippen LogP contribution is -2.06. The highest BCUT2D eigenvalue weighted by Crippen LogP contribution is 2.15. The number of unbranched alkanes of at least 4 members (excludes halogenated alkanes) is 1. The quantitative estimate of drug-likeness (QED) is 0.836. The van der Waals surface area contributed by atoms with Gasteiger partial charge in [-0.05, 0) is 25.0 Å². The smallest absolute Gasteiger partial charge is 0.327 e. The van der Waals surface area contributed by atoms with Crippen LogP contribution in [0.3, 0.4) is 0 Å². The number of nitrogens with zero attached hydrogens (tertiary/aromatic N) is 3. The molecule has 0 bridgehead atoms. The first-order valence-corrected chi connectivity index (χ1v) is 5.02. The van der Waals surface area contributed by atoms with E-state index < -0.39 is 6.08 Å². The Bertz CT molecular complexity index is 477. The van der Waals surface area contributed by atoms with Gasteiger partial charge in [-0.1, -0.05) is 13.3 Å². The predicted octanol–water partition coefficient (Wildman–Crippen LogP) is 1.79. The van der Waals surface area contributed by atoms with Crippen molar-refractivity contribution in [1.82, 2.24) is 14.6 Å². The van der Waals surface area contributed by atoms with Crippen molar-refractivity contribution < 1.29 is 4.39 Å². The molecule has 0 saturated carbocycles. The van der Waals surface area contributed by atoms with Gasteiger partial charge in [0.2, 0.25) is 0 Å². The van der Waals surface area contributed by atoms with E-state index in [2.05, 4.69) is 17.0 Å². The van der Waals surface area contributed by atoms with E-state index in [1.165, 1.54) is 4.52 Å². The summed E-state index contributed by atoms with van der Waals surface area (Å²) in [6.45, 7) is 2.11. The Labute approximate surface area is 86.9 Å². The van der Waals surface area contributed by atoms with Gasteiger partial charge in [-0.2, -0.15) is 9.37 Å². The Morgan fingerprint density at radius 2 is 2.27 bits per heavy atom. The fourth-order valence-corrected chi connectivity index (χ4v) is 1.59. The number of nitrogens with two attached hydrogens (primary N) is 1. The number of rotatable bonds is 3. The molecular formula is C10H13FN4. The Balaban J connectivity index is 2.49. The van der Waals surface area contributed by atoms with Crippen molar-refractivity contribution in [2.24, 2.45) is 0 Å². The van der Waals surface area contributed by atoms with Crippen molar-refractivity contribution in [3.8, 4) is 0 Å². The molecular weight excluding hydrogens is 195 g/mol. The van der Waals surface area contributed by atoms with Gasteiger partial charge in [0.1, 0.15) is 5.52 Å². The Morgan fingerprint density at radius 1 is 1.47 bits per heavy atom. The number of aromatic nitrogens is 3. The van der Waals surface area contributed by atoms with Gasteiger partial charge >= 0.3 is 6.08 Å². The van der Waals surface area contributed by atoms with E-state index in [0.29, 0.717) is 5.52 Å². The maximum absolute atomic E-state index is 13.0. The van der Waals surface area contributed by atoms with E-state index >= 15 is 0 Å². The summed E-state index contributed by atoms with van der Waals surface area (Å²) in [6, 6.07) is 3.73. The first-order chi connectivity index (χ1) is 7.22. The largest absolute Gasteiger partial charge is 0.382 e. The van der Waals surface area contributed by atoms with Crippen molar-refractivity contribution in [3.05, 3.63) is 23.9 Å². The van der Waals surface area contributed by atoms with Gasteiger partial charge in [0, 0.05) is 5.69 Å². The van der Waals surface area contributed by atoms with E-state index in [0.717, 1.165) is 25.0 Å². The zero-order chi connectivity index (χ0) is 10.8. The second-order valence-electron chi connectivity index (χ2n) is 3.49. The average Bonchev–Trinajstić information content (AvgIpc) is 2.58. The Hall–Kier alpha value is -1.65. The highest BCUT2D eigenvalue weighted by molar-refractivity contribution is 5.65. The second-order valence-corrected chi connectivity index (χ2v) is 3.49. The SMILES string of the molecule is CCCCc1ccc2c(N)nc(F)nn12. The minimum Gasteiger partial charge on any atom is -0.382 e. The van der Waals surface area contributed by atoms with E-state index in [1.54, 1.807) is 0 Å². The highest BCUT2D eigenvalue weighted by Gasteiger charge is 2.08. The minimum absolute atomic E-state index is 0.185. The highest BCUT2D eigenvalue weighted by atomic mass is 19.1. The molecule has 0 aliphatic heterocycles. The Morgan fingerprint density at radius 3 is 3.00 bits per heavy atom. The lowest BCUT2D eigenvalue weighted by molar-refractivity contribution is 0.510. The molecule has 0 aliphatic carbocycles. The van der Waals surface area contributed by atoms with Gasteiger partial charge in [-0.25, -0.2) is 4.52 Å². The summed E-state index contributed by atoms with van der Waals surface area (Å²) in [5.74, 6) is 0.185. The minimum atomic E-state index is -0.783. The first kappa shape index (κ1) is 9.89. The van der Waals surface area contributed by atoms with Crippen molar-refractivity contribution in [1.29, 1.82) is 0 Å². The number of aryl methyl sites for hydroxylation is 1. The van der Waals surface area contributed by atoms with E-state index in [9.17, 15) is 4.39 Å². The van der Waals surface area contributed by atoms with Crippen LogP contribution >= 0.6 is 0 Å². The van der Waals surface area contributed by atoms with Gasteiger partial charge in [0.25, 0.3) is 0 Å². The molecule has 0 aliphatic rings. The van der Waals surface area contributed by atoms with E-state index in [4.69, 9.17) is 5.73 Å². The van der Waals surface area contributed by atoms with Crippen LogP contribution in [0.15, 0.2) is 12.1 Å². The lowest BCUT2D eigenvalue weighted by Gasteiger charge is -2.02. The maximum Gasteiger partial charge on any atom is 0.327 e. The van der Waals surface area contributed by atoms with Crippen LogP contribution in [-0.4, -0.2) is 14.6 Å². The molecule has 2 aromatic rings. The fraction of sp³-hybridized carbons (Fsp3) is 0.400. The number of halogens is 1. The molecule has 80 valence electrons. The molecule has 0 spiro atoms.